The van der Waals surface area contributed by atoms with Crippen LogP contribution in [0.1, 0.15) is 28.5 Å². The second-order valence-corrected chi connectivity index (χ2v) is 7.09. The minimum Gasteiger partial charge on any atom is -0.504 e. The largest absolute Gasteiger partial charge is 0.504 e. The molecule has 1 amide bonds. The van der Waals surface area contributed by atoms with E-state index in [2.05, 4.69) is 0 Å². The first-order valence-corrected chi connectivity index (χ1v) is 8.90. The van der Waals surface area contributed by atoms with Crippen LogP contribution in [0.15, 0.2) is 42.5 Å². The number of alkyl halides is 3. The summed E-state index contributed by atoms with van der Waals surface area (Å²) in [5.74, 6) is -0.454. The van der Waals surface area contributed by atoms with Gasteiger partial charge in [0.05, 0.1) is 5.56 Å². The number of halogens is 3. The predicted octanol–water partition coefficient (Wildman–Crippen LogP) is 4.28. The van der Waals surface area contributed by atoms with Gasteiger partial charge in [-0.25, -0.2) is 0 Å². The summed E-state index contributed by atoms with van der Waals surface area (Å²) in [6.45, 7) is 0.0382. The van der Waals surface area contributed by atoms with Crippen LogP contribution >= 0.6 is 11.8 Å². The summed E-state index contributed by atoms with van der Waals surface area (Å²) < 4.78 is 40.1. The molecule has 1 aliphatic rings. The molecule has 2 aromatic rings. The van der Waals surface area contributed by atoms with Gasteiger partial charge in [0, 0.05) is 18.7 Å². The standard InChI is InChI=1S/C18H16F3NO3S/c19-18(20,21)13-4-2-1-3-12(13)17-22(16(25)7-8-26-17)10-11-5-6-14(23)15(24)9-11/h1-6,9,17,23-24H,7-8,10H2. The number of amides is 1. The third-order valence-electron chi connectivity index (χ3n) is 4.12. The molecule has 1 atom stereocenters. The zero-order chi connectivity index (χ0) is 18.9. The quantitative estimate of drug-likeness (QED) is 0.777. The highest BCUT2D eigenvalue weighted by Crippen LogP contribution is 2.44. The molecule has 1 unspecified atom stereocenters. The van der Waals surface area contributed by atoms with Crippen molar-refractivity contribution < 1.29 is 28.2 Å². The lowest BCUT2D eigenvalue weighted by Gasteiger charge is -2.36. The minimum atomic E-state index is -4.51. The number of hydrogen-bond acceptors (Lipinski definition) is 4. The van der Waals surface area contributed by atoms with Crippen molar-refractivity contribution in [2.75, 3.05) is 5.75 Å². The van der Waals surface area contributed by atoms with Crippen molar-refractivity contribution >= 4 is 17.7 Å². The van der Waals surface area contributed by atoms with Gasteiger partial charge in [-0.1, -0.05) is 24.3 Å². The number of rotatable bonds is 3. The van der Waals surface area contributed by atoms with Crippen LogP contribution in [0.4, 0.5) is 13.2 Å². The highest BCUT2D eigenvalue weighted by Gasteiger charge is 2.38. The van der Waals surface area contributed by atoms with Crippen molar-refractivity contribution in [2.45, 2.75) is 24.5 Å². The molecule has 0 aliphatic carbocycles. The monoisotopic (exact) mass is 383 g/mol. The van der Waals surface area contributed by atoms with Gasteiger partial charge in [-0.15, -0.1) is 11.8 Å². The van der Waals surface area contributed by atoms with Gasteiger partial charge < -0.3 is 15.1 Å². The Balaban J connectivity index is 1.97. The average Bonchev–Trinajstić information content (AvgIpc) is 2.59. The molecule has 1 aliphatic heterocycles. The second kappa shape index (κ2) is 7.11. The Morgan fingerprint density at radius 3 is 2.54 bits per heavy atom. The van der Waals surface area contributed by atoms with E-state index in [0.717, 1.165) is 6.07 Å². The van der Waals surface area contributed by atoms with Crippen molar-refractivity contribution in [1.29, 1.82) is 0 Å². The number of carbonyl (C=O) groups excluding carboxylic acids is 1. The van der Waals surface area contributed by atoms with Gasteiger partial charge in [0.15, 0.2) is 11.5 Å². The fraction of sp³-hybridized carbons (Fsp3) is 0.278. The number of nitrogens with zero attached hydrogens (tertiary/aromatic N) is 1. The van der Waals surface area contributed by atoms with Gasteiger partial charge >= 0.3 is 6.18 Å². The zero-order valence-electron chi connectivity index (χ0n) is 13.5. The van der Waals surface area contributed by atoms with Gasteiger partial charge in [0.25, 0.3) is 0 Å². The molecule has 8 heteroatoms. The fourth-order valence-electron chi connectivity index (χ4n) is 2.89. The van der Waals surface area contributed by atoms with E-state index >= 15 is 0 Å². The fourth-order valence-corrected chi connectivity index (χ4v) is 4.16. The highest BCUT2D eigenvalue weighted by molar-refractivity contribution is 7.99. The summed E-state index contributed by atoms with van der Waals surface area (Å²) >= 11 is 1.28. The molecule has 26 heavy (non-hydrogen) atoms. The van der Waals surface area contributed by atoms with Gasteiger partial charge in [-0.2, -0.15) is 13.2 Å². The van der Waals surface area contributed by atoms with E-state index in [1.807, 2.05) is 0 Å². The van der Waals surface area contributed by atoms with Gasteiger partial charge in [-0.05, 0) is 29.3 Å². The minimum absolute atomic E-state index is 0.0382. The number of aromatic hydroxyl groups is 2. The number of hydrogen-bond donors (Lipinski definition) is 2. The van der Waals surface area contributed by atoms with Crippen LogP contribution in [0.3, 0.4) is 0 Å². The van der Waals surface area contributed by atoms with Crippen LogP contribution in [-0.4, -0.2) is 26.8 Å². The summed E-state index contributed by atoms with van der Waals surface area (Å²) in [6, 6.07) is 9.35. The number of phenols is 2. The van der Waals surface area contributed by atoms with E-state index in [-0.39, 0.29) is 35.9 Å². The summed E-state index contributed by atoms with van der Waals surface area (Å²) in [7, 11) is 0. The Labute approximate surface area is 152 Å². The molecular weight excluding hydrogens is 367 g/mol. The summed E-state index contributed by atoms with van der Waals surface area (Å²) in [4.78, 5) is 13.8. The topological polar surface area (TPSA) is 60.8 Å². The van der Waals surface area contributed by atoms with Crippen LogP contribution in [0.5, 0.6) is 11.5 Å². The highest BCUT2D eigenvalue weighted by atomic mass is 32.2. The van der Waals surface area contributed by atoms with Crippen LogP contribution in [0, 0.1) is 0 Å². The Morgan fingerprint density at radius 1 is 1.12 bits per heavy atom. The molecular formula is C18H16F3NO3S. The average molecular weight is 383 g/mol. The Hall–Kier alpha value is -2.35. The molecule has 3 rings (SSSR count). The van der Waals surface area contributed by atoms with Crippen molar-refractivity contribution in [2.24, 2.45) is 0 Å². The van der Waals surface area contributed by atoms with Crippen molar-refractivity contribution in [1.82, 2.24) is 4.90 Å². The first-order valence-electron chi connectivity index (χ1n) is 7.85. The summed E-state index contributed by atoms with van der Waals surface area (Å²) in [6.07, 6.45) is -4.28. The van der Waals surface area contributed by atoms with Gasteiger partial charge in [-0.3, -0.25) is 4.79 Å². The maximum Gasteiger partial charge on any atom is 0.416 e. The molecule has 1 heterocycles. The first-order chi connectivity index (χ1) is 12.3. The van der Waals surface area contributed by atoms with E-state index in [1.54, 1.807) is 0 Å². The van der Waals surface area contributed by atoms with Crippen LogP contribution in [0.2, 0.25) is 0 Å². The smallest absolute Gasteiger partial charge is 0.416 e. The zero-order valence-corrected chi connectivity index (χ0v) is 14.3. The second-order valence-electron chi connectivity index (χ2n) is 5.90. The summed E-state index contributed by atoms with van der Waals surface area (Å²) in [5.41, 5.74) is -0.197. The third kappa shape index (κ3) is 3.75. The lowest BCUT2D eigenvalue weighted by molar-refractivity contribution is -0.140. The normalized spacial score (nSPS) is 18.2. The number of phenolic OH excluding ortho intramolecular Hbond substituents is 2. The molecule has 0 bridgehead atoms. The molecule has 2 N–H and O–H groups in total. The number of benzene rings is 2. The molecule has 1 saturated heterocycles. The molecule has 0 spiro atoms. The van der Waals surface area contributed by atoms with Crippen molar-refractivity contribution in [3.8, 4) is 11.5 Å². The Kier molecular flexibility index (Phi) is 5.04. The summed E-state index contributed by atoms with van der Waals surface area (Å²) in [5, 5.41) is 18.2. The van der Waals surface area contributed by atoms with E-state index in [1.165, 1.54) is 53.1 Å². The molecule has 2 aromatic carbocycles. The van der Waals surface area contributed by atoms with E-state index in [9.17, 15) is 28.2 Å². The van der Waals surface area contributed by atoms with E-state index < -0.39 is 17.1 Å². The Bertz CT molecular complexity index is 826. The SMILES string of the molecule is O=C1CCSC(c2ccccc2C(F)(F)F)N1Cc1ccc(O)c(O)c1. The van der Waals surface area contributed by atoms with Crippen molar-refractivity contribution in [3.63, 3.8) is 0 Å². The molecule has 138 valence electrons. The lowest BCUT2D eigenvalue weighted by Crippen LogP contribution is -2.37. The molecule has 4 nitrogen and oxygen atoms in total. The van der Waals surface area contributed by atoms with Gasteiger partial charge in [0.1, 0.15) is 5.37 Å². The van der Waals surface area contributed by atoms with E-state index in [0.29, 0.717) is 11.3 Å². The van der Waals surface area contributed by atoms with Crippen LogP contribution < -0.4 is 0 Å². The molecule has 0 radical (unpaired) electrons. The third-order valence-corrected chi connectivity index (χ3v) is 5.38. The molecule has 0 aromatic heterocycles. The van der Waals surface area contributed by atoms with E-state index in [4.69, 9.17) is 0 Å². The molecule has 1 fully saturated rings. The van der Waals surface area contributed by atoms with Crippen LogP contribution in [-0.2, 0) is 17.5 Å². The molecule has 0 saturated carbocycles. The predicted molar refractivity (Wildman–Crippen MR) is 91.6 cm³/mol. The number of carbonyl (C=O) groups is 1. The lowest BCUT2D eigenvalue weighted by atomic mass is 10.1. The first kappa shape index (κ1) is 18.4. The van der Waals surface area contributed by atoms with Crippen molar-refractivity contribution in [3.05, 3.63) is 59.2 Å². The number of thioether (sulfide) groups is 1. The van der Waals surface area contributed by atoms with Gasteiger partial charge in [0.2, 0.25) is 5.91 Å². The Morgan fingerprint density at radius 2 is 1.85 bits per heavy atom. The maximum atomic E-state index is 13.4. The maximum absolute atomic E-state index is 13.4. The van der Waals surface area contributed by atoms with Crippen LogP contribution in [0.25, 0.3) is 0 Å².